The van der Waals surface area contributed by atoms with Gasteiger partial charge in [0.05, 0.1) is 5.69 Å². The summed E-state index contributed by atoms with van der Waals surface area (Å²) >= 11 is 2.94. The maximum Gasteiger partial charge on any atom is 0.291 e. The fourth-order valence-corrected chi connectivity index (χ4v) is 5.95. The molecule has 11 heteroatoms. The van der Waals surface area contributed by atoms with E-state index >= 15 is 0 Å². The van der Waals surface area contributed by atoms with Crippen molar-refractivity contribution < 1.29 is 17.6 Å². The molecule has 0 radical (unpaired) electrons. The van der Waals surface area contributed by atoms with E-state index in [4.69, 9.17) is 4.42 Å². The third kappa shape index (κ3) is 4.42. The summed E-state index contributed by atoms with van der Waals surface area (Å²) in [5.74, 6) is 0.0649. The first-order valence-electron chi connectivity index (χ1n) is 9.53. The largest absolute Gasteiger partial charge is 0.451 e. The molecule has 32 heavy (non-hydrogen) atoms. The Labute approximate surface area is 193 Å². The van der Waals surface area contributed by atoms with Crippen molar-refractivity contribution in [3.05, 3.63) is 64.9 Å². The summed E-state index contributed by atoms with van der Waals surface area (Å²) in [7, 11) is -0.860. The van der Waals surface area contributed by atoms with Crippen LogP contribution in [0.3, 0.4) is 0 Å². The van der Waals surface area contributed by atoms with Crippen LogP contribution in [-0.4, -0.2) is 42.9 Å². The summed E-state index contributed by atoms with van der Waals surface area (Å²) in [6.45, 7) is 1.88. The Morgan fingerprint density at radius 2 is 1.84 bits per heavy atom. The van der Waals surface area contributed by atoms with E-state index in [1.165, 1.54) is 43.3 Å². The van der Waals surface area contributed by atoms with Gasteiger partial charge in [0.2, 0.25) is 10.0 Å². The molecule has 0 unspecified atom stereocenters. The van der Waals surface area contributed by atoms with Crippen LogP contribution >= 0.6 is 23.1 Å². The summed E-state index contributed by atoms with van der Waals surface area (Å²) in [6, 6.07) is 13.7. The number of thioether (sulfide) groups is 1. The number of para-hydroxylation sites is 2. The number of furan rings is 1. The summed E-state index contributed by atoms with van der Waals surface area (Å²) in [5, 5.41) is 12.5. The number of hydrogen-bond acceptors (Lipinski definition) is 8. The van der Waals surface area contributed by atoms with Gasteiger partial charge in [0.1, 0.15) is 15.5 Å². The van der Waals surface area contributed by atoms with E-state index in [2.05, 4.69) is 15.5 Å². The minimum atomic E-state index is -3.74. The molecular formula is C21H20N4O4S3. The van der Waals surface area contributed by atoms with E-state index in [0.717, 1.165) is 19.0 Å². The molecule has 0 saturated heterocycles. The molecule has 4 aromatic rings. The number of amides is 1. The topological polar surface area (TPSA) is 105 Å². The maximum atomic E-state index is 13.2. The van der Waals surface area contributed by atoms with Crippen LogP contribution in [0.4, 0.5) is 5.69 Å². The normalized spacial score (nSPS) is 11.9. The van der Waals surface area contributed by atoms with Gasteiger partial charge in [-0.15, -0.1) is 10.2 Å². The minimum Gasteiger partial charge on any atom is -0.451 e. The zero-order valence-electron chi connectivity index (χ0n) is 17.5. The SMILES string of the molecule is Cc1nnc(SCc2c(C(=O)Nc3ccccc3S(=O)(=O)N(C)C)oc3ccccc23)s1. The van der Waals surface area contributed by atoms with Crippen molar-refractivity contribution in [2.24, 2.45) is 0 Å². The molecule has 0 spiro atoms. The van der Waals surface area contributed by atoms with Crippen LogP contribution in [0, 0.1) is 6.92 Å². The van der Waals surface area contributed by atoms with Crippen molar-refractivity contribution in [1.82, 2.24) is 14.5 Å². The maximum absolute atomic E-state index is 13.2. The lowest BCUT2D eigenvalue weighted by atomic mass is 10.1. The van der Waals surface area contributed by atoms with E-state index in [-0.39, 0.29) is 16.3 Å². The van der Waals surface area contributed by atoms with Crippen molar-refractivity contribution in [2.45, 2.75) is 21.9 Å². The minimum absolute atomic E-state index is 0.00900. The highest BCUT2D eigenvalue weighted by Gasteiger charge is 2.25. The first kappa shape index (κ1) is 22.5. The van der Waals surface area contributed by atoms with Gasteiger partial charge in [0.25, 0.3) is 5.91 Å². The van der Waals surface area contributed by atoms with Crippen LogP contribution in [0.15, 0.2) is 62.2 Å². The van der Waals surface area contributed by atoms with Gasteiger partial charge in [-0.3, -0.25) is 4.79 Å². The van der Waals surface area contributed by atoms with Gasteiger partial charge in [-0.25, -0.2) is 12.7 Å². The van der Waals surface area contributed by atoms with E-state index in [1.54, 1.807) is 24.3 Å². The van der Waals surface area contributed by atoms with E-state index in [9.17, 15) is 13.2 Å². The molecule has 0 saturated carbocycles. The van der Waals surface area contributed by atoms with Crippen molar-refractivity contribution in [3.8, 4) is 0 Å². The number of fused-ring (bicyclic) bond motifs is 1. The number of nitrogens with zero attached hydrogens (tertiary/aromatic N) is 3. The molecule has 1 amide bonds. The summed E-state index contributed by atoms with van der Waals surface area (Å²) < 4.78 is 33.1. The van der Waals surface area contributed by atoms with Gasteiger partial charge < -0.3 is 9.73 Å². The predicted molar refractivity (Wildman–Crippen MR) is 126 cm³/mol. The average molecular weight is 489 g/mol. The molecular weight excluding hydrogens is 468 g/mol. The summed E-state index contributed by atoms with van der Waals surface area (Å²) in [6.07, 6.45) is 0. The van der Waals surface area contributed by atoms with Crippen molar-refractivity contribution in [2.75, 3.05) is 19.4 Å². The number of carbonyl (C=O) groups is 1. The Balaban J connectivity index is 1.69. The van der Waals surface area contributed by atoms with Gasteiger partial charge in [-0.05, 0) is 25.1 Å². The van der Waals surface area contributed by atoms with Crippen LogP contribution in [0.25, 0.3) is 11.0 Å². The number of hydrogen-bond donors (Lipinski definition) is 1. The number of sulfonamides is 1. The second kappa shape index (κ2) is 9.02. The molecule has 2 heterocycles. The van der Waals surface area contributed by atoms with Crippen LogP contribution < -0.4 is 5.32 Å². The van der Waals surface area contributed by atoms with E-state index in [0.29, 0.717) is 16.9 Å². The standard InChI is InChI=1S/C21H20N4O4S3/c1-13-23-24-21(31-13)30-12-15-14-8-4-6-10-17(14)29-19(15)20(26)22-16-9-5-7-11-18(16)32(27,28)25(2)3/h4-11H,12H2,1-3H3,(H,22,26). The summed E-state index contributed by atoms with van der Waals surface area (Å²) in [4.78, 5) is 13.2. The molecule has 4 rings (SSSR count). The molecule has 0 fully saturated rings. The molecule has 0 atom stereocenters. The van der Waals surface area contributed by atoms with Gasteiger partial charge >= 0.3 is 0 Å². The van der Waals surface area contributed by atoms with Crippen molar-refractivity contribution >= 4 is 55.7 Å². The van der Waals surface area contributed by atoms with Crippen LogP contribution in [0.5, 0.6) is 0 Å². The smallest absolute Gasteiger partial charge is 0.291 e. The molecule has 0 aliphatic heterocycles. The number of aromatic nitrogens is 2. The number of aryl methyl sites for hydroxylation is 1. The number of benzene rings is 2. The van der Waals surface area contributed by atoms with Crippen molar-refractivity contribution in [3.63, 3.8) is 0 Å². The Bertz CT molecular complexity index is 1390. The Kier molecular flexibility index (Phi) is 6.33. The van der Waals surface area contributed by atoms with Gasteiger partial charge in [-0.1, -0.05) is 53.4 Å². The fraction of sp³-hybridized carbons (Fsp3) is 0.190. The molecule has 2 aromatic carbocycles. The second-order valence-electron chi connectivity index (χ2n) is 7.02. The lowest BCUT2D eigenvalue weighted by Crippen LogP contribution is -2.24. The fourth-order valence-electron chi connectivity index (χ4n) is 3.07. The van der Waals surface area contributed by atoms with E-state index in [1.807, 2.05) is 25.1 Å². The summed E-state index contributed by atoms with van der Waals surface area (Å²) in [5.41, 5.74) is 1.48. The highest BCUT2D eigenvalue weighted by Crippen LogP contribution is 2.34. The van der Waals surface area contributed by atoms with E-state index < -0.39 is 15.9 Å². The van der Waals surface area contributed by atoms with Crippen LogP contribution in [0.1, 0.15) is 21.1 Å². The molecule has 0 aliphatic carbocycles. The lowest BCUT2D eigenvalue weighted by molar-refractivity contribution is 0.0997. The van der Waals surface area contributed by atoms with Crippen LogP contribution in [0.2, 0.25) is 0 Å². The van der Waals surface area contributed by atoms with Gasteiger partial charge in [0, 0.05) is 30.8 Å². The molecule has 2 aromatic heterocycles. The zero-order valence-corrected chi connectivity index (χ0v) is 20.0. The Hall–Kier alpha value is -2.73. The third-order valence-corrected chi connectivity index (χ3v) is 8.52. The van der Waals surface area contributed by atoms with Gasteiger partial charge in [-0.2, -0.15) is 0 Å². The molecule has 1 N–H and O–H groups in total. The average Bonchev–Trinajstić information content (AvgIpc) is 3.35. The number of carbonyl (C=O) groups excluding carboxylic acids is 1. The number of anilines is 1. The Morgan fingerprint density at radius 1 is 1.12 bits per heavy atom. The molecule has 0 bridgehead atoms. The quantitative estimate of drug-likeness (QED) is 0.385. The third-order valence-electron chi connectivity index (χ3n) is 4.65. The second-order valence-corrected chi connectivity index (χ2v) is 11.5. The van der Waals surface area contributed by atoms with Gasteiger partial charge in [0.15, 0.2) is 10.1 Å². The highest BCUT2D eigenvalue weighted by molar-refractivity contribution is 8.00. The number of nitrogens with one attached hydrogen (secondary N) is 1. The zero-order chi connectivity index (χ0) is 22.9. The van der Waals surface area contributed by atoms with Crippen LogP contribution in [-0.2, 0) is 15.8 Å². The predicted octanol–water partition coefficient (Wildman–Crippen LogP) is 4.39. The first-order chi connectivity index (χ1) is 15.3. The number of rotatable bonds is 7. The first-order valence-corrected chi connectivity index (χ1v) is 12.8. The molecule has 166 valence electrons. The monoisotopic (exact) mass is 488 g/mol. The molecule has 8 nitrogen and oxygen atoms in total. The Morgan fingerprint density at radius 3 is 2.56 bits per heavy atom. The molecule has 0 aliphatic rings. The lowest BCUT2D eigenvalue weighted by Gasteiger charge is -2.15. The van der Waals surface area contributed by atoms with Crippen molar-refractivity contribution in [1.29, 1.82) is 0 Å². The highest BCUT2D eigenvalue weighted by atomic mass is 32.2.